The zero-order valence-corrected chi connectivity index (χ0v) is 17.3. The van der Waals surface area contributed by atoms with Gasteiger partial charge in [0.2, 0.25) is 0 Å². The maximum atomic E-state index is 6.08. The van der Waals surface area contributed by atoms with E-state index < -0.39 is 0 Å². The number of para-hydroxylation sites is 1. The van der Waals surface area contributed by atoms with E-state index in [0.29, 0.717) is 6.54 Å². The van der Waals surface area contributed by atoms with Crippen molar-refractivity contribution in [3.63, 3.8) is 0 Å². The molecule has 0 amide bonds. The molecule has 0 aromatic heterocycles. The van der Waals surface area contributed by atoms with E-state index in [4.69, 9.17) is 5.73 Å². The zero-order valence-electron chi connectivity index (χ0n) is 17.3. The van der Waals surface area contributed by atoms with E-state index in [2.05, 4.69) is 89.7 Å². The van der Waals surface area contributed by atoms with Gasteiger partial charge in [-0.05, 0) is 37.6 Å². The van der Waals surface area contributed by atoms with E-state index in [1.54, 1.807) is 0 Å². The Balaban J connectivity index is 1.62. The van der Waals surface area contributed by atoms with Crippen molar-refractivity contribution in [1.82, 2.24) is 4.90 Å². The first-order chi connectivity index (χ1) is 13.6. The van der Waals surface area contributed by atoms with Crippen molar-refractivity contribution in [1.29, 1.82) is 0 Å². The molecule has 1 unspecified atom stereocenters. The van der Waals surface area contributed by atoms with E-state index in [9.17, 15) is 0 Å². The lowest BCUT2D eigenvalue weighted by Gasteiger charge is -2.40. The third-order valence-electron chi connectivity index (χ3n) is 5.66. The van der Waals surface area contributed by atoms with Crippen LogP contribution in [0.25, 0.3) is 0 Å². The third kappa shape index (κ3) is 4.94. The summed E-state index contributed by atoms with van der Waals surface area (Å²) in [5.41, 5.74) is 11.0. The van der Waals surface area contributed by atoms with Crippen molar-refractivity contribution in [2.24, 2.45) is 5.73 Å². The number of hydrogen-bond acceptors (Lipinski definition) is 4. The highest BCUT2D eigenvalue weighted by molar-refractivity contribution is 5.53. The number of nitrogens with zero attached hydrogens (tertiary/aromatic N) is 3. The van der Waals surface area contributed by atoms with Gasteiger partial charge in [0.15, 0.2) is 0 Å². The Morgan fingerprint density at radius 1 is 1.04 bits per heavy atom. The van der Waals surface area contributed by atoms with Crippen LogP contribution in [-0.4, -0.2) is 50.2 Å². The van der Waals surface area contributed by atoms with Crippen LogP contribution in [0.2, 0.25) is 0 Å². The molecule has 2 aromatic rings. The molecule has 0 spiro atoms. The standard InChI is InChI=1S/C24H34N4/c1-4-22(18-25)28(24-8-6-5-7-9-24)21(3)19-26-14-16-27(17-15-26)23-12-10-20(2)11-13-23/h5-13,22H,3-4,14-19,25H2,1-2H3. The number of hydrogen-bond donors (Lipinski definition) is 1. The smallest absolute Gasteiger partial charge is 0.0459 e. The first-order valence-electron chi connectivity index (χ1n) is 10.4. The molecular formula is C24H34N4. The summed E-state index contributed by atoms with van der Waals surface area (Å²) in [6.45, 7) is 14.5. The molecule has 28 heavy (non-hydrogen) atoms. The van der Waals surface area contributed by atoms with Gasteiger partial charge < -0.3 is 15.5 Å². The second kappa shape index (κ2) is 9.76. The summed E-state index contributed by atoms with van der Waals surface area (Å²) in [6, 6.07) is 19.7. The van der Waals surface area contributed by atoms with E-state index in [0.717, 1.165) is 44.8 Å². The number of anilines is 2. The highest BCUT2D eigenvalue weighted by atomic mass is 15.3. The molecule has 0 radical (unpaired) electrons. The summed E-state index contributed by atoms with van der Waals surface area (Å²) in [5, 5.41) is 0. The highest BCUT2D eigenvalue weighted by Crippen LogP contribution is 2.24. The molecule has 3 rings (SSSR count). The molecule has 1 atom stereocenters. The Morgan fingerprint density at radius 2 is 1.68 bits per heavy atom. The quantitative estimate of drug-likeness (QED) is 0.756. The molecule has 0 aliphatic carbocycles. The van der Waals surface area contributed by atoms with Crippen LogP contribution < -0.4 is 15.5 Å². The van der Waals surface area contributed by atoms with Gasteiger partial charge in [-0.1, -0.05) is 49.4 Å². The van der Waals surface area contributed by atoms with Gasteiger partial charge in [0, 0.05) is 62.4 Å². The minimum atomic E-state index is 0.281. The monoisotopic (exact) mass is 378 g/mol. The van der Waals surface area contributed by atoms with Crippen molar-refractivity contribution in [3.8, 4) is 0 Å². The van der Waals surface area contributed by atoms with Gasteiger partial charge in [0.25, 0.3) is 0 Å². The number of nitrogens with two attached hydrogens (primary N) is 1. The molecule has 1 aliphatic heterocycles. The van der Waals surface area contributed by atoms with Crippen LogP contribution in [0.15, 0.2) is 66.9 Å². The maximum absolute atomic E-state index is 6.08. The van der Waals surface area contributed by atoms with Gasteiger partial charge in [-0.2, -0.15) is 0 Å². The molecule has 150 valence electrons. The molecule has 2 N–H and O–H groups in total. The van der Waals surface area contributed by atoms with Crippen molar-refractivity contribution in [3.05, 3.63) is 72.4 Å². The fourth-order valence-corrected chi connectivity index (χ4v) is 3.95. The summed E-state index contributed by atoms with van der Waals surface area (Å²) < 4.78 is 0. The van der Waals surface area contributed by atoms with Crippen molar-refractivity contribution in [2.75, 3.05) is 49.1 Å². The topological polar surface area (TPSA) is 35.7 Å². The second-order valence-electron chi connectivity index (χ2n) is 7.67. The molecule has 1 fully saturated rings. The fourth-order valence-electron chi connectivity index (χ4n) is 3.95. The third-order valence-corrected chi connectivity index (χ3v) is 5.66. The Labute approximate surface area is 170 Å². The van der Waals surface area contributed by atoms with Crippen LogP contribution in [0, 0.1) is 6.92 Å². The van der Waals surface area contributed by atoms with Gasteiger partial charge in [-0.3, -0.25) is 4.90 Å². The summed E-state index contributed by atoms with van der Waals surface area (Å²) in [6.07, 6.45) is 1.01. The zero-order chi connectivity index (χ0) is 19.9. The molecule has 1 aliphatic rings. The largest absolute Gasteiger partial charge is 0.369 e. The van der Waals surface area contributed by atoms with Gasteiger partial charge in [0.1, 0.15) is 0 Å². The van der Waals surface area contributed by atoms with E-state index in [1.807, 2.05) is 0 Å². The minimum absolute atomic E-state index is 0.281. The number of rotatable bonds is 8. The van der Waals surface area contributed by atoms with E-state index >= 15 is 0 Å². The normalized spacial score (nSPS) is 16.0. The molecule has 1 saturated heterocycles. The van der Waals surface area contributed by atoms with Crippen LogP contribution >= 0.6 is 0 Å². The van der Waals surface area contributed by atoms with Crippen molar-refractivity contribution < 1.29 is 0 Å². The predicted octanol–water partition coefficient (Wildman–Crippen LogP) is 3.87. The molecule has 0 bridgehead atoms. The van der Waals surface area contributed by atoms with Crippen LogP contribution in [0.3, 0.4) is 0 Å². The first-order valence-corrected chi connectivity index (χ1v) is 10.4. The lowest BCUT2D eigenvalue weighted by molar-refractivity contribution is 0.275. The molecule has 2 aromatic carbocycles. The van der Waals surface area contributed by atoms with E-state index in [-0.39, 0.29) is 6.04 Å². The van der Waals surface area contributed by atoms with Crippen LogP contribution in [0.5, 0.6) is 0 Å². The number of benzene rings is 2. The summed E-state index contributed by atoms with van der Waals surface area (Å²) in [4.78, 5) is 7.32. The second-order valence-corrected chi connectivity index (χ2v) is 7.67. The van der Waals surface area contributed by atoms with Gasteiger partial charge in [0.05, 0.1) is 0 Å². The summed E-state index contributed by atoms with van der Waals surface area (Å²) >= 11 is 0. The Bertz CT molecular complexity index is 729. The molecular weight excluding hydrogens is 344 g/mol. The average Bonchev–Trinajstić information content (AvgIpc) is 2.73. The van der Waals surface area contributed by atoms with Crippen LogP contribution in [0.1, 0.15) is 18.9 Å². The molecule has 1 heterocycles. The molecule has 4 nitrogen and oxygen atoms in total. The number of aryl methyl sites for hydroxylation is 1. The Kier molecular flexibility index (Phi) is 7.12. The lowest BCUT2D eigenvalue weighted by Crippen LogP contribution is -2.49. The number of piperazine rings is 1. The van der Waals surface area contributed by atoms with Crippen LogP contribution in [0.4, 0.5) is 11.4 Å². The minimum Gasteiger partial charge on any atom is -0.369 e. The average molecular weight is 379 g/mol. The lowest BCUT2D eigenvalue weighted by atomic mass is 10.1. The fraction of sp³-hybridized carbons (Fsp3) is 0.417. The molecule has 0 saturated carbocycles. The van der Waals surface area contributed by atoms with Gasteiger partial charge >= 0.3 is 0 Å². The van der Waals surface area contributed by atoms with Crippen molar-refractivity contribution in [2.45, 2.75) is 26.3 Å². The Morgan fingerprint density at radius 3 is 2.25 bits per heavy atom. The predicted molar refractivity (Wildman–Crippen MR) is 121 cm³/mol. The summed E-state index contributed by atoms with van der Waals surface area (Å²) in [7, 11) is 0. The van der Waals surface area contributed by atoms with Crippen molar-refractivity contribution >= 4 is 11.4 Å². The van der Waals surface area contributed by atoms with Crippen LogP contribution in [-0.2, 0) is 0 Å². The van der Waals surface area contributed by atoms with E-state index in [1.165, 1.54) is 16.9 Å². The van der Waals surface area contributed by atoms with Gasteiger partial charge in [-0.25, -0.2) is 0 Å². The molecule has 4 heteroatoms. The highest BCUT2D eigenvalue weighted by Gasteiger charge is 2.23. The SMILES string of the molecule is C=C(CN1CCN(c2ccc(C)cc2)CC1)N(c1ccccc1)C(CC)CN. The summed E-state index contributed by atoms with van der Waals surface area (Å²) in [5.74, 6) is 0. The first kappa shape index (κ1) is 20.4. The Hall–Kier alpha value is -2.30. The maximum Gasteiger partial charge on any atom is 0.0459 e. The van der Waals surface area contributed by atoms with Gasteiger partial charge in [-0.15, -0.1) is 0 Å².